The maximum Gasteiger partial charge on any atom is 0.253 e. The average molecular weight is 240 g/mol. The highest BCUT2D eigenvalue weighted by Crippen LogP contribution is 2.15. The topological polar surface area (TPSA) is 75.3 Å². The van der Waals surface area contributed by atoms with E-state index in [1.165, 1.54) is 18.2 Å². The first kappa shape index (κ1) is 13.4. The molecule has 4 nitrogen and oxygen atoms in total. The molecule has 0 aliphatic heterocycles. The Kier molecular flexibility index (Phi) is 4.90. The molecule has 1 aromatic rings. The van der Waals surface area contributed by atoms with Crippen LogP contribution in [-0.2, 0) is 0 Å². The molecule has 0 aliphatic rings. The van der Waals surface area contributed by atoms with Crippen LogP contribution in [0.1, 0.15) is 23.7 Å². The second-order valence-corrected chi connectivity index (χ2v) is 4.03. The first-order chi connectivity index (χ1) is 8.06. The molecule has 0 radical (unpaired) electrons. The fraction of sp³-hybridized carbons (Fsp3) is 0.417. The number of nitrogens with one attached hydrogen (secondary N) is 1. The van der Waals surface area contributed by atoms with Crippen molar-refractivity contribution in [2.75, 3.05) is 18.9 Å². The van der Waals surface area contributed by atoms with E-state index in [-0.39, 0.29) is 23.8 Å². The van der Waals surface area contributed by atoms with Gasteiger partial charge in [-0.2, -0.15) is 0 Å². The van der Waals surface area contributed by atoms with Gasteiger partial charge in [-0.3, -0.25) is 4.79 Å². The highest BCUT2D eigenvalue weighted by molar-refractivity contribution is 5.99. The van der Waals surface area contributed by atoms with Gasteiger partial charge >= 0.3 is 0 Å². The monoisotopic (exact) mass is 240 g/mol. The van der Waals surface area contributed by atoms with Crippen LogP contribution in [0, 0.1) is 11.7 Å². The van der Waals surface area contributed by atoms with E-state index in [9.17, 15) is 9.18 Å². The summed E-state index contributed by atoms with van der Waals surface area (Å²) in [4.78, 5) is 11.7. The van der Waals surface area contributed by atoms with Gasteiger partial charge in [-0.15, -0.1) is 0 Å². The average Bonchev–Trinajstić information content (AvgIpc) is 2.30. The molecule has 0 heterocycles. The number of hydrogen-bond donors (Lipinski definition) is 3. The van der Waals surface area contributed by atoms with Crippen LogP contribution in [0.5, 0.6) is 0 Å². The van der Waals surface area contributed by atoms with Crippen LogP contribution in [0.25, 0.3) is 0 Å². The van der Waals surface area contributed by atoms with Crippen LogP contribution in [0.3, 0.4) is 0 Å². The van der Waals surface area contributed by atoms with E-state index < -0.39 is 11.7 Å². The third-order valence-electron chi connectivity index (χ3n) is 2.53. The third-order valence-corrected chi connectivity index (χ3v) is 2.53. The Morgan fingerprint density at radius 1 is 1.59 bits per heavy atom. The molecule has 0 saturated heterocycles. The first-order valence-electron chi connectivity index (χ1n) is 5.49. The summed E-state index contributed by atoms with van der Waals surface area (Å²) in [6.07, 6.45) is 0.610. The highest BCUT2D eigenvalue weighted by atomic mass is 19.1. The number of anilines is 1. The zero-order valence-corrected chi connectivity index (χ0v) is 9.74. The third kappa shape index (κ3) is 3.71. The van der Waals surface area contributed by atoms with Gasteiger partial charge in [0.1, 0.15) is 5.82 Å². The molecule has 1 atom stereocenters. The fourth-order valence-electron chi connectivity index (χ4n) is 1.42. The van der Waals surface area contributed by atoms with Crippen LogP contribution in [-0.4, -0.2) is 24.2 Å². The molecule has 0 fully saturated rings. The summed E-state index contributed by atoms with van der Waals surface area (Å²) in [5.41, 5.74) is 5.47. The lowest BCUT2D eigenvalue weighted by molar-refractivity contribution is 0.0946. The second-order valence-electron chi connectivity index (χ2n) is 4.03. The van der Waals surface area contributed by atoms with Crippen LogP contribution < -0.4 is 11.1 Å². The Hall–Kier alpha value is -1.62. The van der Waals surface area contributed by atoms with Crippen LogP contribution in [0.4, 0.5) is 10.1 Å². The molecule has 0 bridgehead atoms. The molecule has 0 saturated carbocycles. The Balaban J connectivity index is 2.61. The summed E-state index contributed by atoms with van der Waals surface area (Å²) in [5.74, 6) is -0.827. The quantitative estimate of drug-likeness (QED) is 0.676. The summed E-state index contributed by atoms with van der Waals surface area (Å²) in [7, 11) is 0. The second kappa shape index (κ2) is 6.20. The van der Waals surface area contributed by atoms with Crippen molar-refractivity contribution in [1.82, 2.24) is 5.32 Å². The number of nitrogen functional groups attached to an aromatic ring is 1. The van der Waals surface area contributed by atoms with E-state index in [1.54, 1.807) is 0 Å². The number of aliphatic hydroxyl groups excluding tert-OH is 1. The number of rotatable bonds is 5. The largest absolute Gasteiger partial charge is 0.396 e. The molecule has 5 heteroatoms. The number of halogens is 1. The van der Waals surface area contributed by atoms with E-state index in [0.29, 0.717) is 13.0 Å². The minimum absolute atomic E-state index is 0.0825. The number of benzene rings is 1. The predicted octanol–water partition coefficient (Wildman–Crippen LogP) is 1.16. The van der Waals surface area contributed by atoms with E-state index in [0.717, 1.165) is 0 Å². The fourth-order valence-corrected chi connectivity index (χ4v) is 1.42. The zero-order valence-electron chi connectivity index (χ0n) is 9.74. The summed E-state index contributed by atoms with van der Waals surface area (Å²) < 4.78 is 13.1. The van der Waals surface area contributed by atoms with Crippen LogP contribution in [0.15, 0.2) is 18.2 Å². The number of para-hydroxylation sites is 1. The molecule has 4 N–H and O–H groups in total. The summed E-state index contributed by atoms with van der Waals surface area (Å²) in [6.45, 7) is 2.42. The van der Waals surface area contributed by atoms with Crippen molar-refractivity contribution in [3.05, 3.63) is 29.6 Å². The molecular formula is C12H17FN2O2. The van der Waals surface area contributed by atoms with Gasteiger partial charge in [0.05, 0.1) is 11.3 Å². The predicted molar refractivity (Wildman–Crippen MR) is 64.0 cm³/mol. The van der Waals surface area contributed by atoms with Crippen molar-refractivity contribution in [2.45, 2.75) is 13.3 Å². The van der Waals surface area contributed by atoms with Gasteiger partial charge in [0.25, 0.3) is 5.91 Å². The van der Waals surface area contributed by atoms with Gasteiger partial charge in [0.15, 0.2) is 0 Å². The number of carbonyl (C=O) groups is 1. The first-order valence-corrected chi connectivity index (χ1v) is 5.49. The molecule has 0 aromatic heterocycles. The van der Waals surface area contributed by atoms with E-state index in [1.807, 2.05) is 6.92 Å². The zero-order chi connectivity index (χ0) is 12.8. The van der Waals surface area contributed by atoms with Crippen LogP contribution in [0.2, 0.25) is 0 Å². The van der Waals surface area contributed by atoms with Gasteiger partial charge in [-0.25, -0.2) is 4.39 Å². The maximum atomic E-state index is 13.1. The normalized spacial score (nSPS) is 12.2. The lowest BCUT2D eigenvalue weighted by Gasteiger charge is -2.12. The van der Waals surface area contributed by atoms with Crippen molar-refractivity contribution in [1.29, 1.82) is 0 Å². The van der Waals surface area contributed by atoms with Crippen molar-refractivity contribution in [3.63, 3.8) is 0 Å². The molecule has 94 valence electrons. The van der Waals surface area contributed by atoms with E-state index in [2.05, 4.69) is 5.32 Å². The lowest BCUT2D eigenvalue weighted by Crippen LogP contribution is -2.29. The maximum absolute atomic E-state index is 13.1. The Bertz CT molecular complexity index is 396. The molecule has 1 aromatic carbocycles. The standard InChI is InChI=1S/C12H17FN2O2/c1-8(5-6-16)7-15-12(17)9-3-2-4-10(13)11(9)14/h2-4,8,16H,5-7,14H2,1H3,(H,15,17). The summed E-state index contributed by atoms with van der Waals surface area (Å²) >= 11 is 0. The van der Waals surface area contributed by atoms with Crippen molar-refractivity contribution >= 4 is 11.6 Å². The van der Waals surface area contributed by atoms with Gasteiger partial charge in [0.2, 0.25) is 0 Å². The van der Waals surface area contributed by atoms with E-state index >= 15 is 0 Å². The lowest BCUT2D eigenvalue weighted by atomic mass is 10.1. The van der Waals surface area contributed by atoms with E-state index in [4.69, 9.17) is 10.8 Å². The highest BCUT2D eigenvalue weighted by Gasteiger charge is 2.12. The van der Waals surface area contributed by atoms with Crippen LogP contribution >= 0.6 is 0 Å². The van der Waals surface area contributed by atoms with Crippen molar-refractivity contribution < 1.29 is 14.3 Å². The molecule has 1 unspecified atom stereocenters. The minimum Gasteiger partial charge on any atom is -0.396 e. The number of aliphatic hydroxyl groups is 1. The number of amides is 1. The minimum atomic E-state index is -0.596. The van der Waals surface area contributed by atoms with Crippen molar-refractivity contribution in [2.24, 2.45) is 5.92 Å². The summed E-state index contributed by atoms with van der Waals surface area (Å²) in [6, 6.07) is 4.13. The van der Waals surface area contributed by atoms with Gasteiger partial charge in [0, 0.05) is 13.2 Å². The van der Waals surface area contributed by atoms with Crippen molar-refractivity contribution in [3.8, 4) is 0 Å². The molecule has 0 spiro atoms. The smallest absolute Gasteiger partial charge is 0.253 e. The molecule has 1 rings (SSSR count). The Morgan fingerprint density at radius 3 is 2.94 bits per heavy atom. The van der Waals surface area contributed by atoms with Gasteiger partial charge in [-0.05, 0) is 24.5 Å². The number of hydrogen-bond acceptors (Lipinski definition) is 3. The molecule has 0 aliphatic carbocycles. The SMILES string of the molecule is CC(CCO)CNC(=O)c1cccc(F)c1N. The number of carbonyl (C=O) groups excluding carboxylic acids is 1. The Morgan fingerprint density at radius 2 is 2.29 bits per heavy atom. The number of nitrogens with two attached hydrogens (primary N) is 1. The Labute approximate surface area is 99.6 Å². The molecular weight excluding hydrogens is 223 g/mol. The van der Waals surface area contributed by atoms with Gasteiger partial charge < -0.3 is 16.2 Å². The van der Waals surface area contributed by atoms with Gasteiger partial charge in [-0.1, -0.05) is 13.0 Å². The summed E-state index contributed by atoms with van der Waals surface area (Å²) in [5, 5.41) is 11.4. The molecule has 17 heavy (non-hydrogen) atoms. The molecule has 1 amide bonds.